The van der Waals surface area contributed by atoms with Crippen LogP contribution in [0.15, 0.2) is 64.6 Å². The van der Waals surface area contributed by atoms with Crippen LogP contribution in [0, 0.1) is 13.7 Å². The standard InChI is InChI=1S/C22H15IN2O6S/c1-29-18-11-14(10-17-22(26)31-21(24-17)19-6-3-7-32-19)9-16(23)20(18)30-12-13-4-2-5-15(8-13)25(27)28/h2-11H,12H2,1H3/b17-10+. The van der Waals surface area contributed by atoms with Gasteiger partial charge in [0.05, 0.1) is 20.5 Å². The molecule has 0 unspecified atom stereocenters. The molecule has 2 aromatic carbocycles. The van der Waals surface area contributed by atoms with Gasteiger partial charge in [-0.1, -0.05) is 18.2 Å². The topological polar surface area (TPSA) is 100 Å². The number of cyclic esters (lactones) is 1. The molecule has 0 saturated heterocycles. The van der Waals surface area contributed by atoms with Crippen LogP contribution in [0.3, 0.4) is 0 Å². The number of rotatable bonds is 7. The van der Waals surface area contributed by atoms with Gasteiger partial charge in [-0.15, -0.1) is 11.3 Å². The van der Waals surface area contributed by atoms with Crippen molar-refractivity contribution in [2.24, 2.45) is 4.99 Å². The second-order valence-electron chi connectivity index (χ2n) is 6.56. The van der Waals surface area contributed by atoms with E-state index in [1.165, 1.54) is 30.6 Å². The fourth-order valence-electron chi connectivity index (χ4n) is 2.95. The highest BCUT2D eigenvalue weighted by atomic mass is 127. The summed E-state index contributed by atoms with van der Waals surface area (Å²) in [4.78, 5) is 27.8. The van der Waals surface area contributed by atoms with E-state index in [0.717, 1.165) is 8.45 Å². The van der Waals surface area contributed by atoms with Crippen molar-refractivity contribution in [2.75, 3.05) is 7.11 Å². The average Bonchev–Trinajstić information content (AvgIpc) is 3.43. The Morgan fingerprint density at radius 1 is 1.25 bits per heavy atom. The van der Waals surface area contributed by atoms with Crippen molar-refractivity contribution in [3.05, 3.63) is 89.3 Å². The fourth-order valence-corrected chi connectivity index (χ4v) is 4.38. The number of benzene rings is 2. The van der Waals surface area contributed by atoms with E-state index in [4.69, 9.17) is 14.2 Å². The second-order valence-corrected chi connectivity index (χ2v) is 8.67. The molecule has 162 valence electrons. The molecule has 8 nitrogen and oxygen atoms in total. The van der Waals surface area contributed by atoms with Crippen molar-refractivity contribution < 1.29 is 23.9 Å². The molecule has 10 heteroatoms. The zero-order chi connectivity index (χ0) is 22.7. The Labute approximate surface area is 200 Å². The van der Waals surface area contributed by atoms with E-state index in [-0.39, 0.29) is 23.9 Å². The third-order valence-corrected chi connectivity index (χ3v) is 6.07. The van der Waals surface area contributed by atoms with E-state index >= 15 is 0 Å². The Morgan fingerprint density at radius 2 is 2.09 bits per heavy atom. The zero-order valence-corrected chi connectivity index (χ0v) is 19.6. The number of hydrogen-bond acceptors (Lipinski definition) is 8. The lowest BCUT2D eigenvalue weighted by atomic mass is 10.1. The number of methoxy groups -OCH3 is 1. The zero-order valence-electron chi connectivity index (χ0n) is 16.6. The summed E-state index contributed by atoms with van der Waals surface area (Å²) in [7, 11) is 1.51. The molecule has 0 bridgehead atoms. The van der Waals surface area contributed by atoms with E-state index in [1.54, 1.807) is 24.3 Å². The minimum atomic E-state index is -0.520. The number of hydrogen-bond donors (Lipinski definition) is 0. The smallest absolute Gasteiger partial charge is 0.363 e. The van der Waals surface area contributed by atoms with Gasteiger partial charge in [-0.25, -0.2) is 9.79 Å². The van der Waals surface area contributed by atoms with Gasteiger partial charge in [0, 0.05) is 12.1 Å². The molecule has 0 amide bonds. The lowest BCUT2D eigenvalue weighted by molar-refractivity contribution is -0.384. The molecule has 3 aromatic rings. The molecule has 2 heterocycles. The fraction of sp³-hybridized carbons (Fsp3) is 0.0909. The largest absolute Gasteiger partial charge is 0.493 e. The first-order valence-electron chi connectivity index (χ1n) is 9.24. The maximum absolute atomic E-state index is 12.2. The predicted molar refractivity (Wildman–Crippen MR) is 128 cm³/mol. The molecule has 0 spiro atoms. The minimum absolute atomic E-state index is 0.000608. The van der Waals surface area contributed by atoms with Crippen LogP contribution < -0.4 is 9.47 Å². The SMILES string of the molecule is COc1cc(/C=C2/N=C(c3cccs3)OC2=O)cc(I)c1OCc1cccc([N+](=O)[O-])c1. The summed E-state index contributed by atoms with van der Waals surface area (Å²) < 4.78 is 17.4. The van der Waals surface area contributed by atoms with E-state index in [9.17, 15) is 14.9 Å². The van der Waals surface area contributed by atoms with Gasteiger partial charge in [0.25, 0.3) is 5.69 Å². The Bertz CT molecular complexity index is 1250. The molecule has 1 aliphatic rings. The molecule has 0 radical (unpaired) electrons. The van der Waals surface area contributed by atoms with Crippen molar-refractivity contribution in [2.45, 2.75) is 6.61 Å². The van der Waals surface area contributed by atoms with Crippen molar-refractivity contribution >= 4 is 57.6 Å². The summed E-state index contributed by atoms with van der Waals surface area (Å²) >= 11 is 3.54. The van der Waals surface area contributed by atoms with Crippen LogP contribution in [-0.2, 0) is 16.1 Å². The number of carbonyl (C=O) groups excluding carboxylic acids is 1. The van der Waals surface area contributed by atoms with Gasteiger partial charge in [0.2, 0.25) is 5.90 Å². The van der Waals surface area contributed by atoms with Gasteiger partial charge in [-0.05, 0) is 63.4 Å². The Kier molecular flexibility index (Phi) is 6.51. The van der Waals surface area contributed by atoms with E-state index < -0.39 is 10.9 Å². The third kappa shape index (κ3) is 4.81. The van der Waals surface area contributed by atoms with E-state index in [2.05, 4.69) is 27.6 Å². The first kappa shape index (κ1) is 22.0. The van der Waals surface area contributed by atoms with Gasteiger partial charge in [0.1, 0.15) is 6.61 Å². The monoisotopic (exact) mass is 562 g/mol. The summed E-state index contributed by atoms with van der Waals surface area (Å²) in [6.07, 6.45) is 1.62. The molecule has 0 atom stereocenters. The first-order chi connectivity index (χ1) is 15.4. The molecule has 0 fully saturated rings. The van der Waals surface area contributed by atoms with Crippen LogP contribution in [0.4, 0.5) is 5.69 Å². The van der Waals surface area contributed by atoms with Crippen LogP contribution >= 0.6 is 33.9 Å². The van der Waals surface area contributed by atoms with Crippen molar-refractivity contribution in [1.29, 1.82) is 0 Å². The number of nitro groups is 1. The third-order valence-electron chi connectivity index (χ3n) is 4.41. The van der Waals surface area contributed by atoms with Gasteiger partial charge in [0.15, 0.2) is 17.2 Å². The van der Waals surface area contributed by atoms with E-state index in [0.29, 0.717) is 22.6 Å². The number of esters is 1. The predicted octanol–water partition coefficient (Wildman–Crippen LogP) is 5.19. The molecular weight excluding hydrogens is 547 g/mol. The lowest BCUT2D eigenvalue weighted by Crippen LogP contribution is -2.03. The van der Waals surface area contributed by atoms with E-state index in [1.807, 2.05) is 23.6 Å². The number of thiophene rings is 1. The number of nitro benzene ring substituents is 1. The highest BCUT2D eigenvalue weighted by Gasteiger charge is 2.25. The van der Waals surface area contributed by atoms with Crippen molar-refractivity contribution in [3.8, 4) is 11.5 Å². The summed E-state index contributed by atoms with van der Waals surface area (Å²) in [6, 6.07) is 13.5. The highest BCUT2D eigenvalue weighted by Crippen LogP contribution is 2.36. The summed E-state index contributed by atoms with van der Waals surface area (Å²) in [6.45, 7) is 0.134. The molecule has 0 saturated carbocycles. The minimum Gasteiger partial charge on any atom is -0.493 e. The second kappa shape index (κ2) is 9.49. The Hall–Kier alpha value is -3.25. The van der Waals surface area contributed by atoms with Crippen LogP contribution in [0.25, 0.3) is 6.08 Å². The van der Waals surface area contributed by atoms with Gasteiger partial charge in [-0.3, -0.25) is 10.1 Å². The van der Waals surface area contributed by atoms with Gasteiger partial charge >= 0.3 is 5.97 Å². The summed E-state index contributed by atoms with van der Waals surface area (Å²) in [5.74, 6) is 0.727. The van der Waals surface area contributed by atoms with Crippen LogP contribution in [0.2, 0.25) is 0 Å². The lowest BCUT2D eigenvalue weighted by Gasteiger charge is -2.13. The summed E-state index contributed by atoms with van der Waals surface area (Å²) in [5, 5.41) is 12.9. The average molecular weight is 562 g/mol. The molecule has 32 heavy (non-hydrogen) atoms. The van der Waals surface area contributed by atoms with Crippen LogP contribution in [-0.4, -0.2) is 23.9 Å². The molecular formula is C22H15IN2O6S. The quantitative estimate of drug-likeness (QED) is 0.129. The molecule has 1 aliphatic heterocycles. The maximum Gasteiger partial charge on any atom is 0.363 e. The number of carbonyl (C=O) groups is 1. The first-order valence-corrected chi connectivity index (χ1v) is 11.2. The number of non-ortho nitro benzene ring substituents is 1. The van der Waals surface area contributed by atoms with Gasteiger partial charge < -0.3 is 14.2 Å². The summed E-state index contributed by atoms with van der Waals surface area (Å²) in [5.41, 5.74) is 1.54. The Balaban J connectivity index is 1.57. The molecule has 0 aliphatic carbocycles. The number of ether oxygens (including phenoxy) is 3. The molecule has 4 rings (SSSR count). The molecule has 0 N–H and O–H groups in total. The van der Waals surface area contributed by atoms with Crippen LogP contribution in [0.1, 0.15) is 16.0 Å². The number of aliphatic imine (C=N–C) groups is 1. The van der Waals surface area contributed by atoms with Gasteiger partial charge in [-0.2, -0.15) is 0 Å². The van der Waals surface area contributed by atoms with Crippen molar-refractivity contribution in [1.82, 2.24) is 0 Å². The Morgan fingerprint density at radius 3 is 2.81 bits per heavy atom. The number of halogens is 1. The van der Waals surface area contributed by atoms with Crippen molar-refractivity contribution in [3.63, 3.8) is 0 Å². The number of nitrogens with zero attached hydrogens (tertiary/aromatic N) is 2. The maximum atomic E-state index is 12.2. The highest BCUT2D eigenvalue weighted by molar-refractivity contribution is 14.1. The van der Waals surface area contributed by atoms with Crippen LogP contribution in [0.5, 0.6) is 11.5 Å². The normalized spacial score (nSPS) is 14.2. The molecule has 1 aromatic heterocycles.